The summed E-state index contributed by atoms with van der Waals surface area (Å²) >= 11 is 0. The molecule has 2 aromatic carbocycles. The fourth-order valence-electron chi connectivity index (χ4n) is 4.25. The zero-order chi connectivity index (χ0) is 22.6. The smallest absolute Gasteiger partial charge is 0.407 e. The lowest BCUT2D eigenvalue weighted by Crippen LogP contribution is -2.61. The third-order valence-electron chi connectivity index (χ3n) is 6.14. The Morgan fingerprint density at radius 1 is 1.00 bits per heavy atom. The Morgan fingerprint density at radius 3 is 2.31 bits per heavy atom. The second-order valence-electron chi connectivity index (χ2n) is 7.92. The van der Waals surface area contributed by atoms with E-state index in [0.29, 0.717) is 11.8 Å². The maximum Gasteiger partial charge on any atom is 0.407 e. The van der Waals surface area contributed by atoms with Gasteiger partial charge in [-0.15, -0.1) is 0 Å². The Bertz CT molecular complexity index is 1260. The predicted molar refractivity (Wildman–Crippen MR) is 119 cm³/mol. The van der Waals surface area contributed by atoms with Crippen LogP contribution in [0, 0.1) is 0 Å². The fraction of sp³-hybridized carbons (Fsp3) is 0.250. The average molecular weight is 430 g/mol. The van der Waals surface area contributed by atoms with Crippen molar-refractivity contribution in [1.82, 2.24) is 14.4 Å². The molecule has 0 spiro atoms. The number of urea groups is 1. The van der Waals surface area contributed by atoms with Gasteiger partial charge in [-0.05, 0) is 36.2 Å². The van der Waals surface area contributed by atoms with Crippen molar-refractivity contribution >= 4 is 23.7 Å². The molecule has 1 fully saturated rings. The van der Waals surface area contributed by atoms with Crippen molar-refractivity contribution in [3.63, 3.8) is 0 Å². The highest BCUT2D eigenvalue weighted by Gasteiger charge is 2.52. The van der Waals surface area contributed by atoms with E-state index >= 15 is 0 Å². The Morgan fingerprint density at radius 2 is 1.69 bits per heavy atom. The minimum absolute atomic E-state index is 0.296. The zero-order valence-corrected chi connectivity index (χ0v) is 18.4. The van der Waals surface area contributed by atoms with Crippen molar-refractivity contribution in [3.8, 4) is 22.7 Å². The number of hydrogen-bond acceptors (Lipinski definition) is 4. The van der Waals surface area contributed by atoms with Crippen molar-refractivity contribution in [1.29, 1.82) is 0 Å². The topological polar surface area (TPSA) is 71.0 Å². The number of amidine groups is 1. The molecule has 32 heavy (non-hydrogen) atoms. The van der Waals surface area contributed by atoms with E-state index in [1.165, 1.54) is 17.5 Å². The second kappa shape index (κ2) is 7.33. The molecule has 0 N–H and O–H groups in total. The van der Waals surface area contributed by atoms with Crippen LogP contribution < -0.4 is 9.30 Å². The summed E-state index contributed by atoms with van der Waals surface area (Å²) in [5.74, 6) is 1.48. The highest BCUT2D eigenvalue weighted by molar-refractivity contribution is 6.18. The molecule has 3 amide bonds. The van der Waals surface area contributed by atoms with E-state index in [2.05, 4.69) is 31.2 Å². The van der Waals surface area contributed by atoms with Crippen molar-refractivity contribution in [2.24, 2.45) is 4.99 Å². The van der Waals surface area contributed by atoms with Gasteiger partial charge in [-0.25, -0.2) is 9.36 Å². The Hall–Kier alpha value is -3.94. The predicted octanol–water partition coefficient (Wildman–Crippen LogP) is 3.11. The first-order valence-corrected chi connectivity index (χ1v) is 10.5. The van der Waals surface area contributed by atoms with Crippen LogP contribution in [0.3, 0.4) is 0 Å². The van der Waals surface area contributed by atoms with Crippen LogP contribution in [0.5, 0.6) is 5.75 Å². The molecule has 1 unspecified atom stereocenters. The number of imide groups is 1. The molecule has 0 radical (unpaired) electrons. The lowest BCUT2D eigenvalue weighted by Gasteiger charge is -2.30. The van der Waals surface area contributed by atoms with Crippen LogP contribution >= 0.6 is 0 Å². The number of aryl methyl sites for hydroxylation is 1. The minimum atomic E-state index is -0.675. The summed E-state index contributed by atoms with van der Waals surface area (Å²) in [4.78, 5) is 32.8. The standard InChI is InChI=1S/C24H24N5O3/c1-5-15-6-8-16(9-7-15)19-14-28-20-21(26(2)24(31)27(3)22(20)30)25-23(28)29(19)17-10-12-18(32-4)13-11-17/h6-14,20H,5H2,1-4H3/q+1. The molecule has 0 aliphatic carbocycles. The molecular formula is C24H24N5O3+. The molecule has 162 valence electrons. The van der Waals surface area contributed by atoms with Crippen molar-refractivity contribution < 1.29 is 18.9 Å². The van der Waals surface area contributed by atoms with Crippen LogP contribution in [0.25, 0.3) is 16.9 Å². The van der Waals surface area contributed by atoms with Crippen LogP contribution in [0.1, 0.15) is 18.5 Å². The zero-order valence-electron chi connectivity index (χ0n) is 18.4. The number of nitrogens with zero attached hydrogens (tertiary/aromatic N) is 5. The molecule has 1 atom stereocenters. The average Bonchev–Trinajstić information content (AvgIpc) is 3.38. The van der Waals surface area contributed by atoms with E-state index in [1.54, 1.807) is 14.2 Å². The fourth-order valence-corrected chi connectivity index (χ4v) is 4.25. The number of imidazole rings is 1. The van der Waals surface area contributed by atoms with Crippen molar-refractivity contribution in [2.75, 3.05) is 21.2 Å². The lowest BCUT2D eigenvalue weighted by molar-refractivity contribution is -0.676. The Balaban J connectivity index is 1.73. The number of ether oxygens (including phenoxy) is 1. The summed E-state index contributed by atoms with van der Waals surface area (Å²) in [5.41, 5.74) is 4.05. The van der Waals surface area contributed by atoms with E-state index in [9.17, 15) is 9.59 Å². The maximum absolute atomic E-state index is 13.0. The van der Waals surface area contributed by atoms with Gasteiger partial charge in [-0.1, -0.05) is 36.2 Å². The van der Waals surface area contributed by atoms with Crippen LogP contribution in [0.2, 0.25) is 0 Å². The quantitative estimate of drug-likeness (QED) is 0.597. The first-order valence-electron chi connectivity index (χ1n) is 10.5. The summed E-state index contributed by atoms with van der Waals surface area (Å²) in [5, 5.41) is 0. The Kier molecular flexibility index (Phi) is 4.58. The molecule has 2 aliphatic heterocycles. The Labute approximate surface area is 186 Å². The van der Waals surface area contributed by atoms with Gasteiger partial charge in [-0.3, -0.25) is 14.6 Å². The first-order chi connectivity index (χ1) is 15.4. The number of likely N-dealkylation sites (N-methyl/N-ethyl adjacent to an activating group) is 2. The van der Waals surface area contributed by atoms with Crippen LogP contribution in [0.4, 0.5) is 10.7 Å². The normalized spacial score (nSPS) is 17.4. The molecule has 8 heteroatoms. The van der Waals surface area contributed by atoms with Crippen LogP contribution in [0.15, 0.2) is 59.7 Å². The number of hydrogen-bond donors (Lipinski definition) is 0. The summed E-state index contributed by atoms with van der Waals surface area (Å²) in [6.45, 7) is 2.12. The summed E-state index contributed by atoms with van der Waals surface area (Å²) in [6.07, 6.45) is 2.90. The minimum Gasteiger partial charge on any atom is -0.497 e. The third-order valence-corrected chi connectivity index (χ3v) is 6.14. The van der Waals surface area contributed by atoms with Gasteiger partial charge in [0.15, 0.2) is 0 Å². The molecule has 8 nitrogen and oxygen atoms in total. The van der Waals surface area contributed by atoms with Crippen molar-refractivity contribution in [2.45, 2.75) is 19.4 Å². The maximum atomic E-state index is 13.0. The molecule has 5 rings (SSSR count). The van der Waals surface area contributed by atoms with E-state index in [4.69, 9.17) is 9.73 Å². The number of fused-ring (bicyclic) bond motifs is 3. The van der Waals surface area contributed by atoms with Gasteiger partial charge >= 0.3 is 12.0 Å². The monoisotopic (exact) mass is 430 g/mol. The van der Waals surface area contributed by atoms with Gasteiger partial charge in [0.05, 0.1) is 7.11 Å². The number of aliphatic imine (C=N–C) groups is 1. The summed E-state index contributed by atoms with van der Waals surface area (Å²) in [7, 11) is 4.78. The number of benzene rings is 2. The largest absolute Gasteiger partial charge is 0.497 e. The van der Waals surface area contributed by atoms with Gasteiger partial charge in [0, 0.05) is 19.7 Å². The lowest BCUT2D eigenvalue weighted by atomic mass is 10.1. The van der Waals surface area contributed by atoms with Crippen LogP contribution in [-0.4, -0.2) is 53.3 Å². The van der Waals surface area contributed by atoms with E-state index in [-0.39, 0.29) is 11.9 Å². The number of carbonyl (C=O) groups is 2. The number of rotatable bonds is 4. The molecule has 3 heterocycles. The number of carbonyl (C=O) groups excluding carboxylic acids is 2. The van der Waals surface area contributed by atoms with Gasteiger partial charge in [0.25, 0.3) is 5.91 Å². The van der Waals surface area contributed by atoms with Gasteiger partial charge in [0.2, 0.25) is 11.9 Å². The van der Waals surface area contributed by atoms with Crippen LogP contribution in [-0.2, 0) is 11.2 Å². The van der Waals surface area contributed by atoms with Gasteiger partial charge < -0.3 is 4.74 Å². The molecule has 3 aromatic rings. The number of aromatic nitrogens is 2. The highest BCUT2D eigenvalue weighted by atomic mass is 16.5. The molecule has 2 aliphatic rings. The SMILES string of the molecule is CCc1ccc(-c2c[n+]3c(n2-c2ccc(OC)cc2)N=C2C3C(=O)N(C)C(=O)N2C)cc1. The molecule has 0 bridgehead atoms. The molecule has 1 saturated heterocycles. The molecule has 1 aromatic heterocycles. The number of amides is 3. The van der Waals surface area contributed by atoms with Crippen molar-refractivity contribution in [3.05, 3.63) is 60.3 Å². The first kappa shape index (κ1) is 20.0. The third kappa shape index (κ3) is 2.83. The van der Waals surface area contributed by atoms with E-state index < -0.39 is 6.04 Å². The second-order valence-corrected chi connectivity index (χ2v) is 7.92. The van der Waals surface area contributed by atoms with E-state index in [1.807, 2.05) is 39.6 Å². The summed E-state index contributed by atoms with van der Waals surface area (Å²) < 4.78 is 9.17. The number of methoxy groups -OCH3 is 1. The summed E-state index contributed by atoms with van der Waals surface area (Å²) in [6, 6.07) is 15.0. The molecule has 0 saturated carbocycles. The van der Waals surface area contributed by atoms with E-state index in [0.717, 1.165) is 34.0 Å². The van der Waals surface area contributed by atoms with Gasteiger partial charge in [-0.2, -0.15) is 4.57 Å². The highest BCUT2D eigenvalue weighted by Crippen LogP contribution is 2.35. The van der Waals surface area contributed by atoms with Gasteiger partial charge in [0.1, 0.15) is 23.3 Å². The molecular weight excluding hydrogens is 406 g/mol.